The standard InChI is InChI=1S/C16H23N5O2/c17-15(22)12-5-9-21(10-6-12)16(23)19-13-3-4-14(18-11-13)20-7-1-2-8-20/h3-4,11-12H,1-2,5-10H2,(H2,17,22)(H,19,23). The number of amides is 3. The molecule has 0 atom stereocenters. The third-order valence-corrected chi connectivity index (χ3v) is 4.61. The molecular weight excluding hydrogens is 294 g/mol. The summed E-state index contributed by atoms with van der Waals surface area (Å²) in [5, 5.41) is 2.86. The van der Waals surface area contributed by atoms with Crippen LogP contribution in [0.25, 0.3) is 0 Å². The lowest BCUT2D eigenvalue weighted by Crippen LogP contribution is -2.43. The van der Waals surface area contributed by atoms with E-state index in [1.807, 2.05) is 12.1 Å². The molecule has 3 heterocycles. The largest absolute Gasteiger partial charge is 0.369 e. The highest BCUT2D eigenvalue weighted by atomic mass is 16.2. The summed E-state index contributed by atoms with van der Waals surface area (Å²) in [7, 11) is 0. The summed E-state index contributed by atoms with van der Waals surface area (Å²) in [6.07, 6.45) is 5.38. The van der Waals surface area contributed by atoms with E-state index in [-0.39, 0.29) is 17.9 Å². The molecule has 23 heavy (non-hydrogen) atoms. The molecule has 124 valence electrons. The molecule has 3 N–H and O–H groups in total. The second kappa shape index (κ2) is 6.85. The number of anilines is 2. The van der Waals surface area contributed by atoms with Crippen LogP contribution in [0.4, 0.5) is 16.3 Å². The SMILES string of the molecule is NC(=O)C1CCN(C(=O)Nc2ccc(N3CCCC3)nc2)CC1. The summed E-state index contributed by atoms with van der Waals surface area (Å²) in [6, 6.07) is 3.68. The first-order chi connectivity index (χ1) is 11.1. The molecule has 0 saturated carbocycles. The highest BCUT2D eigenvalue weighted by molar-refractivity contribution is 5.89. The first-order valence-electron chi connectivity index (χ1n) is 8.20. The minimum atomic E-state index is -0.272. The predicted molar refractivity (Wildman–Crippen MR) is 88.2 cm³/mol. The lowest BCUT2D eigenvalue weighted by atomic mass is 9.96. The maximum Gasteiger partial charge on any atom is 0.321 e. The van der Waals surface area contributed by atoms with Gasteiger partial charge in [-0.15, -0.1) is 0 Å². The van der Waals surface area contributed by atoms with Crippen LogP contribution in [0.15, 0.2) is 18.3 Å². The summed E-state index contributed by atoms with van der Waals surface area (Å²) in [5.41, 5.74) is 6.00. The van der Waals surface area contributed by atoms with Crippen molar-refractivity contribution in [1.29, 1.82) is 0 Å². The van der Waals surface area contributed by atoms with E-state index in [1.165, 1.54) is 12.8 Å². The van der Waals surface area contributed by atoms with Gasteiger partial charge in [-0.1, -0.05) is 0 Å². The minimum Gasteiger partial charge on any atom is -0.369 e. The Morgan fingerprint density at radius 2 is 1.83 bits per heavy atom. The van der Waals surface area contributed by atoms with Crippen molar-refractivity contribution in [3.63, 3.8) is 0 Å². The average molecular weight is 317 g/mol. The second-order valence-electron chi connectivity index (χ2n) is 6.19. The van der Waals surface area contributed by atoms with Gasteiger partial charge in [-0.25, -0.2) is 9.78 Å². The number of nitrogens with two attached hydrogens (primary N) is 1. The Bertz CT molecular complexity index is 560. The Hall–Kier alpha value is -2.31. The van der Waals surface area contributed by atoms with E-state index in [2.05, 4.69) is 15.2 Å². The summed E-state index contributed by atoms with van der Waals surface area (Å²) in [5.74, 6) is 0.579. The zero-order valence-corrected chi connectivity index (χ0v) is 13.2. The molecule has 2 aliphatic rings. The van der Waals surface area contributed by atoms with E-state index in [4.69, 9.17) is 5.73 Å². The number of rotatable bonds is 3. The van der Waals surface area contributed by atoms with E-state index in [1.54, 1.807) is 11.1 Å². The van der Waals surface area contributed by atoms with E-state index < -0.39 is 0 Å². The zero-order chi connectivity index (χ0) is 16.2. The smallest absolute Gasteiger partial charge is 0.321 e. The molecule has 0 aliphatic carbocycles. The summed E-state index contributed by atoms with van der Waals surface area (Å²) < 4.78 is 0. The number of likely N-dealkylation sites (tertiary alicyclic amines) is 1. The summed E-state index contributed by atoms with van der Waals surface area (Å²) in [4.78, 5) is 31.8. The zero-order valence-electron chi connectivity index (χ0n) is 13.2. The van der Waals surface area contributed by atoms with Crippen molar-refractivity contribution in [2.24, 2.45) is 11.7 Å². The molecule has 0 spiro atoms. The van der Waals surface area contributed by atoms with Crippen LogP contribution < -0.4 is 16.0 Å². The van der Waals surface area contributed by atoms with Gasteiger partial charge in [0.25, 0.3) is 0 Å². The normalized spacial score (nSPS) is 19.0. The maximum absolute atomic E-state index is 12.2. The number of aromatic nitrogens is 1. The number of piperidine rings is 1. The van der Waals surface area contributed by atoms with Crippen LogP contribution in [0.3, 0.4) is 0 Å². The Labute approximate surface area is 135 Å². The van der Waals surface area contributed by atoms with Crippen LogP contribution in [-0.4, -0.2) is 48.0 Å². The molecule has 1 aromatic heterocycles. The Morgan fingerprint density at radius 1 is 1.13 bits per heavy atom. The predicted octanol–water partition coefficient (Wildman–Crippen LogP) is 1.41. The Kier molecular flexibility index (Phi) is 4.64. The molecule has 0 unspecified atom stereocenters. The van der Waals surface area contributed by atoms with Crippen LogP contribution in [0.2, 0.25) is 0 Å². The van der Waals surface area contributed by atoms with Crippen molar-refractivity contribution in [3.05, 3.63) is 18.3 Å². The van der Waals surface area contributed by atoms with E-state index in [0.717, 1.165) is 18.9 Å². The quantitative estimate of drug-likeness (QED) is 0.882. The van der Waals surface area contributed by atoms with Gasteiger partial charge in [0.15, 0.2) is 0 Å². The third kappa shape index (κ3) is 3.72. The van der Waals surface area contributed by atoms with Gasteiger partial charge in [-0.05, 0) is 37.8 Å². The number of pyridine rings is 1. The number of nitrogens with zero attached hydrogens (tertiary/aromatic N) is 3. The highest BCUT2D eigenvalue weighted by Crippen LogP contribution is 2.20. The van der Waals surface area contributed by atoms with Gasteiger partial charge in [-0.2, -0.15) is 0 Å². The molecule has 2 fully saturated rings. The van der Waals surface area contributed by atoms with Gasteiger partial charge in [0, 0.05) is 32.1 Å². The molecule has 3 rings (SSSR count). The van der Waals surface area contributed by atoms with Crippen LogP contribution in [0.5, 0.6) is 0 Å². The van der Waals surface area contributed by atoms with Crippen molar-refractivity contribution in [2.75, 3.05) is 36.4 Å². The molecule has 2 saturated heterocycles. The molecule has 0 radical (unpaired) electrons. The molecule has 1 aromatic rings. The van der Waals surface area contributed by atoms with Crippen LogP contribution in [-0.2, 0) is 4.79 Å². The van der Waals surface area contributed by atoms with Crippen molar-refractivity contribution in [2.45, 2.75) is 25.7 Å². The van der Waals surface area contributed by atoms with Crippen molar-refractivity contribution in [1.82, 2.24) is 9.88 Å². The topological polar surface area (TPSA) is 91.6 Å². The number of hydrogen-bond acceptors (Lipinski definition) is 4. The van der Waals surface area contributed by atoms with Gasteiger partial charge in [0.1, 0.15) is 5.82 Å². The van der Waals surface area contributed by atoms with E-state index >= 15 is 0 Å². The maximum atomic E-state index is 12.2. The fourth-order valence-electron chi connectivity index (χ4n) is 3.16. The average Bonchev–Trinajstić information content (AvgIpc) is 3.10. The lowest BCUT2D eigenvalue weighted by Gasteiger charge is -2.30. The molecule has 0 bridgehead atoms. The lowest BCUT2D eigenvalue weighted by molar-refractivity contribution is -0.122. The number of nitrogens with one attached hydrogen (secondary N) is 1. The van der Waals surface area contributed by atoms with Gasteiger partial charge in [0.2, 0.25) is 5.91 Å². The van der Waals surface area contributed by atoms with Gasteiger partial charge in [0.05, 0.1) is 11.9 Å². The van der Waals surface area contributed by atoms with Crippen LogP contribution in [0, 0.1) is 5.92 Å². The number of hydrogen-bond donors (Lipinski definition) is 2. The van der Waals surface area contributed by atoms with Gasteiger partial charge in [-0.3, -0.25) is 4.79 Å². The van der Waals surface area contributed by atoms with Crippen molar-refractivity contribution < 1.29 is 9.59 Å². The molecule has 3 amide bonds. The number of carbonyl (C=O) groups is 2. The minimum absolute atomic E-state index is 0.111. The molecular formula is C16H23N5O2. The Balaban J connectivity index is 1.52. The fraction of sp³-hybridized carbons (Fsp3) is 0.562. The molecule has 2 aliphatic heterocycles. The van der Waals surface area contributed by atoms with Crippen molar-refractivity contribution in [3.8, 4) is 0 Å². The van der Waals surface area contributed by atoms with E-state index in [9.17, 15) is 9.59 Å². The highest BCUT2D eigenvalue weighted by Gasteiger charge is 2.25. The number of carbonyl (C=O) groups excluding carboxylic acids is 2. The van der Waals surface area contributed by atoms with Gasteiger partial charge >= 0.3 is 6.03 Å². The van der Waals surface area contributed by atoms with Crippen LogP contribution >= 0.6 is 0 Å². The third-order valence-electron chi connectivity index (χ3n) is 4.61. The second-order valence-corrected chi connectivity index (χ2v) is 6.19. The first kappa shape index (κ1) is 15.6. The summed E-state index contributed by atoms with van der Waals surface area (Å²) in [6.45, 7) is 3.21. The monoisotopic (exact) mass is 317 g/mol. The Morgan fingerprint density at radius 3 is 2.39 bits per heavy atom. The summed E-state index contributed by atoms with van der Waals surface area (Å²) >= 11 is 0. The van der Waals surface area contributed by atoms with E-state index in [0.29, 0.717) is 31.6 Å². The molecule has 0 aromatic carbocycles. The first-order valence-corrected chi connectivity index (χ1v) is 8.20. The number of urea groups is 1. The fourth-order valence-corrected chi connectivity index (χ4v) is 3.16. The van der Waals surface area contributed by atoms with Gasteiger partial charge < -0.3 is 20.9 Å². The van der Waals surface area contributed by atoms with Crippen molar-refractivity contribution >= 4 is 23.4 Å². The number of primary amides is 1. The van der Waals surface area contributed by atoms with Crippen LogP contribution in [0.1, 0.15) is 25.7 Å². The molecule has 7 heteroatoms. The molecule has 7 nitrogen and oxygen atoms in total.